The van der Waals surface area contributed by atoms with Gasteiger partial charge in [-0.1, -0.05) is 27.7 Å². The second kappa shape index (κ2) is 7.04. The molecule has 1 rings (SSSR count). The molecule has 0 saturated heterocycles. The lowest BCUT2D eigenvalue weighted by Gasteiger charge is -2.00. The van der Waals surface area contributed by atoms with E-state index in [0.717, 1.165) is 5.56 Å². The Hall–Kier alpha value is -1.32. The van der Waals surface area contributed by atoms with Gasteiger partial charge in [-0.05, 0) is 18.4 Å². The number of carbonyl (C=O) groups is 1. The minimum absolute atomic E-state index is 0.172. The molecule has 0 atom stereocenters. The predicted molar refractivity (Wildman–Crippen MR) is 62.1 cm³/mol. The molecule has 15 heavy (non-hydrogen) atoms. The van der Waals surface area contributed by atoms with Crippen molar-refractivity contribution in [2.24, 2.45) is 0 Å². The number of aromatic nitrogens is 2. The van der Waals surface area contributed by atoms with Crippen LogP contribution in [0.1, 0.15) is 46.1 Å². The summed E-state index contributed by atoms with van der Waals surface area (Å²) in [5.41, 5.74) is 1.08. The molecule has 0 bridgehead atoms. The Kier molecular flexibility index (Phi) is 6.42. The fourth-order valence-electron chi connectivity index (χ4n) is 0.978. The molecule has 0 fully saturated rings. The van der Waals surface area contributed by atoms with Gasteiger partial charge in [-0.15, -0.1) is 0 Å². The molecule has 0 aliphatic carbocycles. The SMILES string of the molecule is CC.CCNC(=O)n1cc(C(C)C)cn1. The van der Waals surface area contributed by atoms with Crippen LogP contribution < -0.4 is 5.32 Å². The Morgan fingerprint density at radius 2 is 2.13 bits per heavy atom. The third-order valence-corrected chi connectivity index (χ3v) is 1.81. The molecular formula is C11H21N3O. The zero-order valence-corrected chi connectivity index (χ0v) is 10.2. The predicted octanol–water partition coefficient (Wildman–Crippen LogP) is 2.61. The Labute approximate surface area is 91.7 Å². The Morgan fingerprint density at radius 3 is 2.53 bits per heavy atom. The van der Waals surface area contributed by atoms with E-state index in [9.17, 15) is 4.79 Å². The van der Waals surface area contributed by atoms with Gasteiger partial charge in [0.25, 0.3) is 0 Å². The zero-order chi connectivity index (χ0) is 11.8. The van der Waals surface area contributed by atoms with Gasteiger partial charge in [0.1, 0.15) is 0 Å². The lowest BCUT2D eigenvalue weighted by Crippen LogP contribution is -2.28. The van der Waals surface area contributed by atoms with Crippen LogP contribution in [0.15, 0.2) is 12.4 Å². The van der Waals surface area contributed by atoms with Crippen LogP contribution in [0.3, 0.4) is 0 Å². The summed E-state index contributed by atoms with van der Waals surface area (Å²) in [6, 6.07) is -0.172. The van der Waals surface area contributed by atoms with Crippen molar-refractivity contribution in [1.82, 2.24) is 15.1 Å². The molecule has 4 nitrogen and oxygen atoms in total. The number of carbonyl (C=O) groups excluding carboxylic acids is 1. The molecule has 1 aromatic heterocycles. The van der Waals surface area contributed by atoms with E-state index in [1.54, 1.807) is 12.4 Å². The molecule has 0 aliphatic heterocycles. The zero-order valence-electron chi connectivity index (χ0n) is 10.2. The van der Waals surface area contributed by atoms with E-state index < -0.39 is 0 Å². The van der Waals surface area contributed by atoms with Crippen molar-refractivity contribution >= 4 is 6.03 Å². The molecule has 86 valence electrons. The van der Waals surface area contributed by atoms with Crippen LogP contribution in [0.25, 0.3) is 0 Å². The third kappa shape index (κ3) is 4.14. The Bertz CT molecular complexity index is 292. The summed E-state index contributed by atoms with van der Waals surface area (Å²) in [6.45, 7) is 10.6. The number of amides is 1. The number of hydrogen-bond donors (Lipinski definition) is 1. The van der Waals surface area contributed by atoms with Gasteiger partial charge in [-0.3, -0.25) is 0 Å². The first kappa shape index (κ1) is 13.7. The summed E-state index contributed by atoms with van der Waals surface area (Å²) < 4.78 is 1.33. The largest absolute Gasteiger partial charge is 0.342 e. The fraction of sp³-hybridized carbons (Fsp3) is 0.636. The van der Waals surface area contributed by atoms with Gasteiger partial charge in [0.15, 0.2) is 0 Å². The number of rotatable bonds is 2. The monoisotopic (exact) mass is 211 g/mol. The molecule has 0 unspecified atom stereocenters. The maximum atomic E-state index is 11.3. The van der Waals surface area contributed by atoms with Crippen LogP contribution in [-0.2, 0) is 0 Å². The quantitative estimate of drug-likeness (QED) is 0.817. The van der Waals surface area contributed by atoms with Crippen LogP contribution >= 0.6 is 0 Å². The first-order valence-electron chi connectivity index (χ1n) is 5.48. The second-order valence-corrected chi connectivity index (χ2v) is 3.21. The summed E-state index contributed by atoms with van der Waals surface area (Å²) >= 11 is 0. The average Bonchev–Trinajstić information content (AvgIpc) is 2.70. The molecule has 1 N–H and O–H groups in total. The van der Waals surface area contributed by atoms with Crippen molar-refractivity contribution in [3.63, 3.8) is 0 Å². The van der Waals surface area contributed by atoms with E-state index in [0.29, 0.717) is 12.5 Å². The van der Waals surface area contributed by atoms with Crippen molar-refractivity contribution in [3.05, 3.63) is 18.0 Å². The molecule has 0 saturated carbocycles. The van der Waals surface area contributed by atoms with Gasteiger partial charge in [0, 0.05) is 12.7 Å². The molecule has 0 spiro atoms. The van der Waals surface area contributed by atoms with E-state index in [1.165, 1.54) is 4.68 Å². The highest BCUT2D eigenvalue weighted by molar-refractivity contribution is 5.75. The van der Waals surface area contributed by atoms with Gasteiger partial charge in [0.05, 0.1) is 6.20 Å². The Morgan fingerprint density at radius 1 is 1.53 bits per heavy atom. The third-order valence-electron chi connectivity index (χ3n) is 1.81. The maximum absolute atomic E-state index is 11.3. The molecule has 1 heterocycles. The first-order valence-corrected chi connectivity index (χ1v) is 5.48. The van der Waals surface area contributed by atoms with Crippen molar-refractivity contribution in [2.75, 3.05) is 6.54 Å². The van der Waals surface area contributed by atoms with Crippen LogP contribution in [0, 0.1) is 0 Å². The fourth-order valence-corrected chi connectivity index (χ4v) is 0.978. The van der Waals surface area contributed by atoms with Crippen molar-refractivity contribution in [3.8, 4) is 0 Å². The summed E-state index contributed by atoms with van der Waals surface area (Å²) in [5, 5.41) is 6.64. The summed E-state index contributed by atoms with van der Waals surface area (Å²) in [7, 11) is 0. The Balaban J connectivity index is 0.000000921. The van der Waals surface area contributed by atoms with E-state index >= 15 is 0 Å². The van der Waals surface area contributed by atoms with Gasteiger partial charge >= 0.3 is 6.03 Å². The van der Waals surface area contributed by atoms with Gasteiger partial charge in [-0.2, -0.15) is 9.78 Å². The van der Waals surface area contributed by atoms with Crippen molar-refractivity contribution < 1.29 is 4.79 Å². The lowest BCUT2D eigenvalue weighted by molar-refractivity contribution is 0.240. The van der Waals surface area contributed by atoms with E-state index in [-0.39, 0.29) is 6.03 Å². The van der Waals surface area contributed by atoms with Crippen molar-refractivity contribution in [1.29, 1.82) is 0 Å². The lowest BCUT2D eigenvalue weighted by atomic mass is 10.1. The number of nitrogens with one attached hydrogen (secondary N) is 1. The number of nitrogens with zero attached hydrogens (tertiary/aromatic N) is 2. The normalized spacial score (nSPS) is 9.47. The van der Waals surface area contributed by atoms with Gasteiger partial charge in [-0.25, -0.2) is 4.79 Å². The average molecular weight is 211 g/mol. The summed E-state index contributed by atoms with van der Waals surface area (Å²) in [6.07, 6.45) is 3.48. The van der Waals surface area contributed by atoms with Crippen LogP contribution in [0.4, 0.5) is 4.79 Å². The molecule has 1 amide bonds. The highest BCUT2D eigenvalue weighted by Crippen LogP contribution is 2.11. The van der Waals surface area contributed by atoms with Crippen LogP contribution in [0.2, 0.25) is 0 Å². The standard InChI is InChI=1S/C9H15N3O.C2H6/c1-4-10-9(13)12-6-8(5-11-12)7(2)3;1-2/h5-7H,4H2,1-3H3,(H,10,13);1-2H3. The minimum atomic E-state index is -0.172. The van der Waals surface area contributed by atoms with E-state index in [2.05, 4.69) is 24.3 Å². The first-order chi connectivity index (χ1) is 7.15. The molecule has 1 aromatic rings. The van der Waals surface area contributed by atoms with E-state index in [1.807, 2.05) is 20.8 Å². The minimum Gasteiger partial charge on any atom is -0.336 e. The van der Waals surface area contributed by atoms with Crippen LogP contribution in [-0.4, -0.2) is 22.4 Å². The summed E-state index contributed by atoms with van der Waals surface area (Å²) in [4.78, 5) is 11.3. The second-order valence-electron chi connectivity index (χ2n) is 3.21. The molecule has 0 aromatic carbocycles. The molecule has 4 heteroatoms. The molecular weight excluding hydrogens is 190 g/mol. The van der Waals surface area contributed by atoms with Crippen molar-refractivity contribution in [2.45, 2.75) is 40.5 Å². The highest BCUT2D eigenvalue weighted by Gasteiger charge is 2.07. The van der Waals surface area contributed by atoms with Gasteiger partial charge < -0.3 is 5.32 Å². The molecule has 0 aliphatic rings. The smallest absolute Gasteiger partial charge is 0.336 e. The van der Waals surface area contributed by atoms with Crippen LogP contribution in [0.5, 0.6) is 0 Å². The maximum Gasteiger partial charge on any atom is 0.342 e. The van der Waals surface area contributed by atoms with E-state index in [4.69, 9.17) is 0 Å². The number of hydrogen-bond acceptors (Lipinski definition) is 2. The summed E-state index contributed by atoms with van der Waals surface area (Å²) in [5.74, 6) is 0.406. The topological polar surface area (TPSA) is 46.9 Å². The highest BCUT2D eigenvalue weighted by atomic mass is 16.2. The van der Waals surface area contributed by atoms with Gasteiger partial charge in [0.2, 0.25) is 0 Å². The molecule has 0 radical (unpaired) electrons.